The van der Waals surface area contributed by atoms with Gasteiger partial charge in [-0.1, -0.05) is 46.3 Å². The fraction of sp³-hybridized carbons (Fsp3) is 0.214. The van der Waals surface area contributed by atoms with Gasteiger partial charge in [0.1, 0.15) is 6.04 Å². The zero-order chi connectivity index (χ0) is 13.1. The Morgan fingerprint density at radius 2 is 1.85 bits per heavy atom. The molecule has 0 bridgehead atoms. The standard InChI is InChI=1S/C14H14BrNO2.ClH.H2S/c1-18-14(17)13(16)8-9-6-7-12(15)11-5-3-2-4-10(9)11;;/h2-7,13H,8,16H2,1H3;1H;1H2/t13-;;/m0../s1. The molecule has 0 radical (unpaired) electrons. The van der Waals surface area contributed by atoms with Crippen LogP contribution in [0.15, 0.2) is 40.9 Å². The summed E-state index contributed by atoms with van der Waals surface area (Å²) in [5, 5.41) is 2.22. The molecule has 2 rings (SSSR count). The molecule has 0 unspecified atom stereocenters. The fourth-order valence-corrected chi connectivity index (χ4v) is 2.45. The molecule has 0 spiro atoms. The molecule has 0 saturated heterocycles. The molecule has 2 aromatic rings. The van der Waals surface area contributed by atoms with Gasteiger partial charge in [0.25, 0.3) is 0 Å². The lowest BCUT2D eigenvalue weighted by molar-refractivity contribution is -0.142. The molecule has 20 heavy (non-hydrogen) atoms. The molecular formula is C14H17BrClNO2S. The van der Waals surface area contributed by atoms with Crippen molar-refractivity contribution in [3.63, 3.8) is 0 Å². The normalized spacial score (nSPS) is 11.2. The van der Waals surface area contributed by atoms with Crippen molar-refractivity contribution in [2.75, 3.05) is 7.11 Å². The number of methoxy groups -OCH3 is 1. The molecule has 3 nitrogen and oxygen atoms in total. The zero-order valence-corrected chi connectivity index (χ0v) is 14.3. The number of esters is 1. The minimum Gasteiger partial charge on any atom is -0.468 e. The Morgan fingerprint density at radius 1 is 1.25 bits per heavy atom. The van der Waals surface area contributed by atoms with E-state index in [0.717, 1.165) is 20.8 Å². The van der Waals surface area contributed by atoms with Crippen LogP contribution in [0, 0.1) is 0 Å². The molecule has 0 amide bonds. The molecule has 110 valence electrons. The quantitative estimate of drug-likeness (QED) is 0.835. The number of carbonyl (C=O) groups is 1. The van der Waals surface area contributed by atoms with E-state index in [0.29, 0.717) is 6.42 Å². The number of hydrogen-bond donors (Lipinski definition) is 1. The third-order valence-corrected chi connectivity index (χ3v) is 3.60. The molecule has 2 N–H and O–H groups in total. The van der Waals surface area contributed by atoms with E-state index in [1.54, 1.807) is 0 Å². The highest BCUT2D eigenvalue weighted by molar-refractivity contribution is 9.10. The van der Waals surface area contributed by atoms with Crippen LogP contribution in [-0.4, -0.2) is 19.1 Å². The highest BCUT2D eigenvalue weighted by Gasteiger charge is 2.15. The third-order valence-electron chi connectivity index (χ3n) is 2.90. The summed E-state index contributed by atoms with van der Waals surface area (Å²) in [6.07, 6.45) is 0.473. The van der Waals surface area contributed by atoms with Gasteiger partial charge in [-0.15, -0.1) is 12.4 Å². The van der Waals surface area contributed by atoms with Crippen molar-refractivity contribution in [3.05, 3.63) is 46.4 Å². The van der Waals surface area contributed by atoms with E-state index in [2.05, 4.69) is 20.7 Å². The van der Waals surface area contributed by atoms with Gasteiger partial charge in [-0.25, -0.2) is 0 Å². The van der Waals surface area contributed by atoms with Crippen molar-refractivity contribution in [2.45, 2.75) is 12.5 Å². The molecule has 2 aromatic carbocycles. The summed E-state index contributed by atoms with van der Waals surface area (Å²) in [5.74, 6) is -0.387. The lowest BCUT2D eigenvalue weighted by Gasteiger charge is -2.12. The Morgan fingerprint density at radius 3 is 2.45 bits per heavy atom. The second kappa shape index (κ2) is 8.52. The van der Waals surface area contributed by atoms with Gasteiger partial charge in [0.15, 0.2) is 0 Å². The molecule has 0 heterocycles. The van der Waals surface area contributed by atoms with Crippen molar-refractivity contribution >= 4 is 58.6 Å². The molecule has 0 aliphatic rings. The highest BCUT2D eigenvalue weighted by atomic mass is 79.9. The molecule has 0 aliphatic carbocycles. The minimum absolute atomic E-state index is 0. The Hall–Kier alpha value is -0.750. The topological polar surface area (TPSA) is 52.3 Å². The summed E-state index contributed by atoms with van der Waals surface area (Å²) in [6.45, 7) is 0. The monoisotopic (exact) mass is 377 g/mol. The first-order chi connectivity index (χ1) is 8.63. The number of fused-ring (bicyclic) bond motifs is 1. The van der Waals surface area contributed by atoms with E-state index in [4.69, 9.17) is 5.73 Å². The molecule has 0 aromatic heterocycles. The van der Waals surface area contributed by atoms with Crippen LogP contribution in [-0.2, 0) is 16.0 Å². The van der Waals surface area contributed by atoms with Crippen molar-refractivity contribution in [3.8, 4) is 0 Å². The summed E-state index contributed by atoms with van der Waals surface area (Å²) in [6, 6.07) is 11.3. The van der Waals surface area contributed by atoms with Crippen LogP contribution in [0.25, 0.3) is 10.8 Å². The number of ether oxygens (including phenoxy) is 1. The number of benzene rings is 2. The van der Waals surface area contributed by atoms with Crippen LogP contribution >= 0.6 is 41.8 Å². The van der Waals surface area contributed by atoms with Gasteiger partial charge in [0.05, 0.1) is 7.11 Å². The van der Waals surface area contributed by atoms with E-state index < -0.39 is 6.04 Å². The summed E-state index contributed by atoms with van der Waals surface area (Å²) < 4.78 is 5.68. The Labute approximate surface area is 139 Å². The van der Waals surface area contributed by atoms with Gasteiger partial charge in [-0.3, -0.25) is 4.79 Å². The van der Waals surface area contributed by atoms with E-state index >= 15 is 0 Å². The predicted molar refractivity (Wildman–Crippen MR) is 93.0 cm³/mol. The molecule has 1 atom stereocenters. The number of rotatable bonds is 3. The maximum atomic E-state index is 11.4. The smallest absolute Gasteiger partial charge is 0.322 e. The minimum atomic E-state index is -0.625. The first-order valence-electron chi connectivity index (χ1n) is 5.63. The first kappa shape index (κ1) is 19.2. The Bertz CT molecular complexity index is 594. The van der Waals surface area contributed by atoms with Gasteiger partial charge in [-0.05, 0) is 28.8 Å². The number of nitrogens with two attached hydrogens (primary N) is 1. The summed E-state index contributed by atoms with van der Waals surface area (Å²) in [5.41, 5.74) is 6.85. The molecular weight excluding hydrogens is 362 g/mol. The average molecular weight is 379 g/mol. The fourth-order valence-electron chi connectivity index (χ4n) is 1.97. The van der Waals surface area contributed by atoms with Crippen molar-refractivity contribution in [2.24, 2.45) is 5.73 Å². The van der Waals surface area contributed by atoms with Gasteiger partial charge < -0.3 is 10.5 Å². The van der Waals surface area contributed by atoms with Gasteiger partial charge in [-0.2, -0.15) is 13.5 Å². The second-order valence-electron chi connectivity index (χ2n) is 4.09. The zero-order valence-electron chi connectivity index (χ0n) is 10.9. The maximum absolute atomic E-state index is 11.4. The van der Waals surface area contributed by atoms with Crippen LogP contribution in [0.2, 0.25) is 0 Å². The third kappa shape index (κ3) is 4.12. The lowest BCUT2D eigenvalue weighted by Crippen LogP contribution is -2.33. The molecule has 6 heteroatoms. The molecule has 0 aliphatic heterocycles. The van der Waals surface area contributed by atoms with Crippen LogP contribution in [0.4, 0.5) is 0 Å². The van der Waals surface area contributed by atoms with Crippen molar-refractivity contribution in [1.29, 1.82) is 0 Å². The summed E-state index contributed by atoms with van der Waals surface area (Å²) in [7, 11) is 1.35. The van der Waals surface area contributed by atoms with Crippen LogP contribution in [0.3, 0.4) is 0 Å². The second-order valence-corrected chi connectivity index (χ2v) is 4.94. The van der Waals surface area contributed by atoms with Gasteiger partial charge in [0, 0.05) is 4.47 Å². The molecule has 0 saturated carbocycles. The van der Waals surface area contributed by atoms with Crippen molar-refractivity contribution < 1.29 is 9.53 Å². The highest BCUT2D eigenvalue weighted by Crippen LogP contribution is 2.27. The lowest BCUT2D eigenvalue weighted by atomic mass is 9.99. The maximum Gasteiger partial charge on any atom is 0.322 e. The first-order valence-corrected chi connectivity index (χ1v) is 6.42. The van der Waals surface area contributed by atoms with Crippen LogP contribution in [0.1, 0.15) is 5.56 Å². The molecule has 0 fully saturated rings. The summed E-state index contributed by atoms with van der Waals surface area (Å²) in [4.78, 5) is 11.4. The van der Waals surface area contributed by atoms with Crippen LogP contribution < -0.4 is 5.73 Å². The van der Waals surface area contributed by atoms with Crippen molar-refractivity contribution in [1.82, 2.24) is 0 Å². The largest absolute Gasteiger partial charge is 0.468 e. The van der Waals surface area contributed by atoms with E-state index in [1.807, 2.05) is 36.4 Å². The predicted octanol–water partition coefficient (Wildman–Crippen LogP) is 3.18. The Kier molecular flexibility index (Phi) is 8.20. The van der Waals surface area contributed by atoms with Gasteiger partial charge in [0.2, 0.25) is 0 Å². The number of carbonyl (C=O) groups excluding carboxylic acids is 1. The number of hydrogen-bond acceptors (Lipinski definition) is 3. The SMILES string of the molecule is COC(=O)[C@@H](N)Cc1ccc(Br)c2ccccc12.Cl.S. The Balaban J connectivity index is 0.00000180. The number of halogens is 2. The summed E-state index contributed by atoms with van der Waals surface area (Å²) >= 11 is 3.52. The average Bonchev–Trinajstić information content (AvgIpc) is 2.41. The van der Waals surface area contributed by atoms with E-state index in [1.165, 1.54) is 7.11 Å². The van der Waals surface area contributed by atoms with E-state index in [9.17, 15) is 4.79 Å². The van der Waals surface area contributed by atoms with Crippen LogP contribution in [0.5, 0.6) is 0 Å². The van der Waals surface area contributed by atoms with E-state index in [-0.39, 0.29) is 31.9 Å². The van der Waals surface area contributed by atoms with Gasteiger partial charge >= 0.3 is 5.97 Å².